The van der Waals surface area contributed by atoms with Gasteiger partial charge in [0.2, 0.25) is 0 Å². The standard InChI is InChI=1S/C7H4BrF3INO/c8-3-1-6(14-7(9,10)11)5(13)2-4(3)12/h1-2H,13H2. The molecule has 78 valence electrons. The number of anilines is 1. The highest BCUT2D eigenvalue weighted by atomic mass is 127. The molecule has 0 aromatic heterocycles. The Morgan fingerprint density at radius 3 is 2.43 bits per heavy atom. The van der Waals surface area contributed by atoms with Crippen molar-refractivity contribution >= 4 is 44.2 Å². The zero-order chi connectivity index (χ0) is 10.9. The maximum Gasteiger partial charge on any atom is 0.573 e. The van der Waals surface area contributed by atoms with Gasteiger partial charge in [0.1, 0.15) is 0 Å². The van der Waals surface area contributed by atoms with Gasteiger partial charge in [-0.2, -0.15) is 0 Å². The van der Waals surface area contributed by atoms with Gasteiger partial charge in [0, 0.05) is 8.04 Å². The predicted molar refractivity (Wildman–Crippen MR) is 58.0 cm³/mol. The van der Waals surface area contributed by atoms with Crippen molar-refractivity contribution in [1.82, 2.24) is 0 Å². The molecule has 2 N–H and O–H groups in total. The van der Waals surface area contributed by atoms with E-state index in [0.29, 0.717) is 4.47 Å². The Hall–Kier alpha value is -0.180. The van der Waals surface area contributed by atoms with E-state index in [2.05, 4.69) is 20.7 Å². The molecule has 0 heterocycles. The van der Waals surface area contributed by atoms with E-state index in [1.54, 1.807) is 0 Å². The summed E-state index contributed by atoms with van der Waals surface area (Å²) in [5.41, 5.74) is 5.30. The number of rotatable bonds is 1. The first-order chi connectivity index (χ1) is 6.29. The molecule has 1 aromatic carbocycles. The molecule has 1 rings (SSSR count). The molecular formula is C7H4BrF3INO. The molecular weight excluding hydrogens is 378 g/mol. The zero-order valence-electron chi connectivity index (χ0n) is 6.53. The van der Waals surface area contributed by atoms with Crippen molar-refractivity contribution in [3.8, 4) is 5.75 Å². The number of hydrogen-bond donors (Lipinski definition) is 1. The summed E-state index contributed by atoms with van der Waals surface area (Å²) in [7, 11) is 0. The first kappa shape index (κ1) is 11.9. The first-order valence-corrected chi connectivity index (χ1v) is 5.17. The van der Waals surface area contributed by atoms with Crippen LogP contribution in [0.15, 0.2) is 16.6 Å². The van der Waals surface area contributed by atoms with Crippen LogP contribution in [0, 0.1) is 3.57 Å². The molecule has 0 aliphatic carbocycles. The van der Waals surface area contributed by atoms with E-state index >= 15 is 0 Å². The lowest BCUT2D eigenvalue weighted by molar-refractivity contribution is -0.274. The fourth-order valence-electron chi connectivity index (χ4n) is 0.757. The van der Waals surface area contributed by atoms with Gasteiger partial charge >= 0.3 is 6.36 Å². The highest BCUT2D eigenvalue weighted by molar-refractivity contribution is 14.1. The van der Waals surface area contributed by atoms with E-state index in [1.165, 1.54) is 12.1 Å². The van der Waals surface area contributed by atoms with Crippen molar-refractivity contribution in [1.29, 1.82) is 0 Å². The van der Waals surface area contributed by atoms with Crippen LogP contribution in [0.2, 0.25) is 0 Å². The number of alkyl halides is 3. The maximum atomic E-state index is 11.9. The van der Waals surface area contributed by atoms with E-state index in [-0.39, 0.29) is 5.69 Å². The van der Waals surface area contributed by atoms with E-state index in [1.807, 2.05) is 22.6 Å². The minimum atomic E-state index is -4.72. The Morgan fingerprint density at radius 1 is 1.36 bits per heavy atom. The molecule has 0 amide bonds. The van der Waals surface area contributed by atoms with E-state index < -0.39 is 12.1 Å². The van der Waals surface area contributed by atoms with Gasteiger partial charge in [-0.3, -0.25) is 0 Å². The van der Waals surface area contributed by atoms with Crippen LogP contribution in [0.3, 0.4) is 0 Å². The maximum absolute atomic E-state index is 11.9. The smallest absolute Gasteiger partial charge is 0.404 e. The van der Waals surface area contributed by atoms with Gasteiger partial charge in [0.05, 0.1) is 5.69 Å². The van der Waals surface area contributed by atoms with Crippen molar-refractivity contribution in [2.24, 2.45) is 0 Å². The Labute approximate surface area is 99.9 Å². The summed E-state index contributed by atoms with van der Waals surface area (Å²) in [6.07, 6.45) is -4.72. The average molecular weight is 382 g/mol. The van der Waals surface area contributed by atoms with Gasteiger partial charge in [-0.15, -0.1) is 13.2 Å². The molecule has 0 saturated heterocycles. The molecule has 0 atom stereocenters. The molecule has 0 aliphatic rings. The van der Waals surface area contributed by atoms with E-state index in [0.717, 1.165) is 3.57 Å². The molecule has 0 bridgehead atoms. The van der Waals surface area contributed by atoms with Crippen LogP contribution in [0.25, 0.3) is 0 Å². The van der Waals surface area contributed by atoms with Gasteiger partial charge in [0.25, 0.3) is 0 Å². The average Bonchev–Trinajstić information content (AvgIpc) is 1.97. The number of nitrogens with two attached hydrogens (primary N) is 1. The summed E-state index contributed by atoms with van der Waals surface area (Å²) < 4.78 is 40.5. The molecule has 14 heavy (non-hydrogen) atoms. The summed E-state index contributed by atoms with van der Waals surface area (Å²) in [4.78, 5) is 0. The van der Waals surface area contributed by atoms with Crippen LogP contribution >= 0.6 is 38.5 Å². The summed E-state index contributed by atoms with van der Waals surface area (Å²) in [6.45, 7) is 0. The van der Waals surface area contributed by atoms with Crippen LogP contribution in [0.5, 0.6) is 5.75 Å². The highest BCUT2D eigenvalue weighted by Crippen LogP contribution is 2.33. The van der Waals surface area contributed by atoms with Crippen LogP contribution in [-0.2, 0) is 0 Å². The van der Waals surface area contributed by atoms with Crippen LogP contribution < -0.4 is 10.5 Å². The first-order valence-electron chi connectivity index (χ1n) is 3.30. The molecule has 0 radical (unpaired) electrons. The molecule has 0 unspecified atom stereocenters. The van der Waals surface area contributed by atoms with E-state index in [4.69, 9.17) is 5.73 Å². The van der Waals surface area contributed by atoms with Crippen molar-refractivity contribution in [2.75, 3.05) is 5.73 Å². The molecule has 0 spiro atoms. The third-order valence-electron chi connectivity index (χ3n) is 1.28. The molecule has 7 heteroatoms. The Kier molecular flexibility index (Phi) is 3.51. The Balaban J connectivity index is 3.04. The summed E-state index contributed by atoms with van der Waals surface area (Å²) in [5, 5.41) is 0. The second-order valence-electron chi connectivity index (χ2n) is 2.35. The monoisotopic (exact) mass is 381 g/mol. The minimum absolute atomic E-state index is 0.0464. The lowest BCUT2D eigenvalue weighted by Gasteiger charge is -2.11. The number of benzene rings is 1. The third-order valence-corrected chi connectivity index (χ3v) is 3.57. The van der Waals surface area contributed by atoms with Crippen molar-refractivity contribution in [3.63, 3.8) is 0 Å². The molecule has 2 nitrogen and oxygen atoms in total. The summed E-state index contributed by atoms with van der Waals surface area (Å²) in [5.74, 6) is -0.398. The molecule has 0 aliphatic heterocycles. The second kappa shape index (κ2) is 4.13. The van der Waals surface area contributed by atoms with Crippen molar-refractivity contribution in [3.05, 3.63) is 20.2 Å². The zero-order valence-corrected chi connectivity index (χ0v) is 10.3. The normalized spacial score (nSPS) is 11.5. The van der Waals surface area contributed by atoms with Gasteiger partial charge in [-0.1, -0.05) is 0 Å². The Bertz CT molecular complexity index is 356. The fourth-order valence-corrected chi connectivity index (χ4v) is 1.57. The SMILES string of the molecule is Nc1cc(I)c(Br)cc1OC(F)(F)F. The number of halogens is 5. The van der Waals surface area contributed by atoms with Crippen LogP contribution in [0.1, 0.15) is 0 Å². The largest absolute Gasteiger partial charge is 0.573 e. The van der Waals surface area contributed by atoms with Crippen LogP contribution in [0.4, 0.5) is 18.9 Å². The van der Waals surface area contributed by atoms with Crippen molar-refractivity contribution in [2.45, 2.75) is 6.36 Å². The van der Waals surface area contributed by atoms with Crippen LogP contribution in [-0.4, -0.2) is 6.36 Å². The molecule has 0 saturated carbocycles. The predicted octanol–water partition coefficient (Wildman–Crippen LogP) is 3.53. The third kappa shape index (κ3) is 3.19. The fraction of sp³-hybridized carbons (Fsp3) is 0.143. The van der Waals surface area contributed by atoms with Gasteiger partial charge in [-0.05, 0) is 50.7 Å². The van der Waals surface area contributed by atoms with Crippen molar-refractivity contribution < 1.29 is 17.9 Å². The lowest BCUT2D eigenvalue weighted by Crippen LogP contribution is -2.18. The quantitative estimate of drug-likeness (QED) is 0.596. The molecule has 0 fully saturated rings. The number of hydrogen-bond acceptors (Lipinski definition) is 2. The van der Waals surface area contributed by atoms with E-state index in [9.17, 15) is 13.2 Å². The van der Waals surface area contributed by atoms with Gasteiger partial charge in [-0.25, -0.2) is 0 Å². The number of nitrogen functional groups attached to an aromatic ring is 1. The topological polar surface area (TPSA) is 35.2 Å². The summed E-state index contributed by atoms with van der Waals surface area (Å²) in [6, 6.07) is 2.58. The second-order valence-corrected chi connectivity index (χ2v) is 4.37. The summed E-state index contributed by atoms with van der Waals surface area (Å²) >= 11 is 5.02. The van der Waals surface area contributed by atoms with Gasteiger partial charge in [0.15, 0.2) is 5.75 Å². The lowest BCUT2D eigenvalue weighted by atomic mass is 10.3. The minimum Gasteiger partial charge on any atom is -0.404 e. The Morgan fingerprint density at radius 2 is 1.93 bits per heavy atom. The number of ether oxygens (including phenoxy) is 1. The highest BCUT2D eigenvalue weighted by Gasteiger charge is 2.32. The van der Waals surface area contributed by atoms with Gasteiger partial charge < -0.3 is 10.5 Å². The molecule has 1 aromatic rings.